The molecule has 0 radical (unpaired) electrons. The highest BCUT2D eigenvalue weighted by molar-refractivity contribution is 5.90. The van der Waals surface area contributed by atoms with Crippen molar-refractivity contribution in [3.8, 4) is 0 Å². The van der Waals surface area contributed by atoms with Gasteiger partial charge in [-0.2, -0.15) is 0 Å². The average molecular weight is 291 g/mol. The predicted octanol–water partition coefficient (Wildman–Crippen LogP) is 1.53. The first-order valence-corrected chi connectivity index (χ1v) is 5.86. The molecule has 1 heterocycles. The molecule has 1 aromatic heterocycles. The molecular formula is C13H10FN3O4. The first-order valence-electron chi connectivity index (χ1n) is 5.86. The van der Waals surface area contributed by atoms with Crippen molar-refractivity contribution in [3.05, 3.63) is 68.9 Å². The van der Waals surface area contributed by atoms with E-state index >= 15 is 0 Å². The van der Waals surface area contributed by atoms with E-state index in [0.717, 1.165) is 22.9 Å². The van der Waals surface area contributed by atoms with E-state index < -0.39 is 28.8 Å². The molecule has 2 aromatic rings. The first kappa shape index (κ1) is 14.4. The Morgan fingerprint density at radius 1 is 1.29 bits per heavy atom. The number of nitrogens with zero attached hydrogens (tertiary/aromatic N) is 2. The minimum absolute atomic E-state index is 0.0269. The van der Waals surface area contributed by atoms with Crippen LogP contribution in [0.3, 0.4) is 0 Å². The molecule has 0 unspecified atom stereocenters. The molecule has 0 fully saturated rings. The minimum Gasteiger partial charge on any atom is -0.322 e. The molecule has 108 valence electrons. The zero-order chi connectivity index (χ0) is 15.4. The van der Waals surface area contributed by atoms with Crippen LogP contribution in [0.4, 0.5) is 15.8 Å². The van der Waals surface area contributed by atoms with E-state index in [0.29, 0.717) is 0 Å². The number of nitro groups is 1. The van der Waals surface area contributed by atoms with Gasteiger partial charge in [-0.05, 0) is 12.1 Å². The SMILES string of the molecule is O=C(Cn1cc([N+](=O)[O-])ccc1=O)Nc1ccccc1F. The smallest absolute Gasteiger partial charge is 0.285 e. The van der Waals surface area contributed by atoms with Crippen molar-refractivity contribution in [2.24, 2.45) is 0 Å². The summed E-state index contributed by atoms with van der Waals surface area (Å²) in [5, 5.41) is 12.9. The second kappa shape index (κ2) is 5.95. The maximum Gasteiger partial charge on any atom is 0.285 e. The number of nitrogens with one attached hydrogen (secondary N) is 1. The number of hydrogen-bond donors (Lipinski definition) is 1. The lowest BCUT2D eigenvalue weighted by Crippen LogP contribution is -2.27. The molecule has 1 aromatic carbocycles. The molecule has 0 spiro atoms. The molecule has 0 atom stereocenters. The molecule has 0 bridgehead atoms. The Balaban J connectivity index is 2.17. The van der Waals surface area contributed by atoms with Crippen LogP contribution < -0.4 is 10.9 Å². The third kappa shape index (κ3) is 3.50. The monoisotopic (exact) mass is 291 g/mol. The standard InChI is InChI=1S/C13H10FN3O4/c14-10-3-1-2-4-11(10)15-12(18)8-16-7-9(17(20)21)5-6-13(16)19/h1-7H,8H2,(H,15,18). The van der Waals surface area contributed by atoms with Crippen molar-refractivity contribution in [2.75, 3.05) is 5.32 Å². The van der Waals surface area contributed by atoms with Crippen LogP contribution in [0.15, 0.2) is 47.4 Å². The summed E-state index contributed by atoms with van der Waals surface area (Å²) >= 11 is 0. The number of carbonyl (C=O) groups is 1. The Labute approximate surface area is 117 Å². The maximum atomic E-state index is 13.4. The normalized spacial score (nSPS) is 10.1. The van der Waals surface area contributed by atoms with Crippen LogP contribution in [0.1, 0.15) is 0 Å². The van der Waals surface area contributed by atoms with Crippen LogP contribution in [-0.2, 0) is 11.3 Å². The summed E-state index contributed by atoms with van der Waals surface area (Å²) in [5.41, 5.74) is -0.904. The van der Waals surface area contributed by atoms with Crippen LogP contribution >= 0.6 is 0 Å². The van der Waals surface area contributed by atoms with Gasteiger partial charge >= 0.3 is 0 Å². The Hall–Kier alpha value is -3.03. The molecule has 8 heteroatoms. The van der Waals surface area contributed by atoms with Crippen LogP contribution in [0, 0.1) is 15.9 Å². The second-order valence-corrected chi connectivity index (χ2v) is 4.14. The molecule has 1 amide bonds. The van der Waals surface area contributed by atoms with E-state index in [1.54, 1.807) is 0 Å². The topological polar surface area (TPSA) is 94.2 Å². The van der Waals surface area contributed by atoms with Gasteiger partial charge in [0.1, 0.15) is 12.4 Å². The first-order chi connectivity index (χ1) is 9.97. The van der Waals surface area contributed by atoms with Gasteiger partial charge in [0.05, 0.1) is 16.8 Å². The average Bonchev–Trinajstić information content (AvgIpc) is 2.43. The lowest BCUT2D eigenvalue weighted by atomic mass is 10.3. The molecule has 2 rings (SSSR count). The van der Waals surface area contributed by atoms with Crippen LogP contribution in [0.25, 0.3) is 0 Å². The fourth-order valence-corrected chi connectivity index (χ4v) is 1.66. The molecule has 0 aliphatic heterocycles. The van der Waals surface area contributed by atoms with Crippen molar-refractivity contribution in [2.45, 2.75) is 6.54 Å². The van der Waals surface area contributed by atoms with Gasteiger partial charge in [-0.3, -0.25) is 24.3 Å². The fraction of sp³-hybridized carbons (Fsp3) is 0.0769. The number of benzene rings is 1. The van der Waals surface area contributed by atoms with Gasteiger partial charge in [0, 0.05) is 12.1 Å². The number of para-hydroxylation sites is 1. The van der Waals surface area contributed by atoms with Crippen molar-refractivity contribution in [3.63, 3.8) is 0 Å². The van der Waals surface area contributed by atoms with Gasteiger partial charge in [-0.25, -0.2) is 4.39 Å². The molecule has 7 nitrogen and oxygen atoms in total. The lowest BCUT2D eigenvalue weighted by molar-refractivity contribution is -0.385. The summed E-state index contributed by atoms with van der Waals surface area (Å²) in [6.07, 6.45) is 0.962. The molecule has 0 saturated carbocycles. The summed E-state index contributed by atoms with van der Waals surface area (Å²) < 4.78 is 14.2. The Kier molecular flexibility index (Phi) is 4.07. The molecule has 1 N–H and O–H groups in total. The van der Waals surface area contributed by atoms with E-state index in [1.807, 2.05) is 0 Å². The zero-order valence-electron chi connectivity index (χ0n) is 10.7. The van der Waals surface area contributed by atoms with Crippen LogP contribution in [0.2, 0.25) is 0 Å². The van der Waals surface area contributed by atoms with Crippen molar-refractivity contribution >= 4 is 17.3 Å². The summed E-state index contributed by atoms with van der Waals surface area (Å²) in [6, 6.07) is 7.59. The number of anilines is 1. The van der Waals surface area contributed by atoms with E-state index in [4.69, 9.17) is 0 Å². The van der Waals surface area contributed by atoms with Crippen molar-refractivity contribution < 1.29 is 14.1 Å². The van der Waals surface area contributed by atoms with E-state index in [1.165, 1.54) is 24.3 Å². The number of pyridine rings is 1. The highest BCUT2D eigenvalue weighted by atomic mass is 19.1. The Bertz CT molecular complexity index is 757. The van der Waals surface area contributed by atoms with E-state index in [9.17, 15) is 24.1 Å². The molecule has 0 aliphatic carbocycles. The number of rotatable bonds is 4. The minimum atomic E-state index is -0.676. The summed E-state index contributed by atoms with van der Waals surface area (Å²) in [5.74, 6) is -1.28. The number of halogens is 1. The number of amides is 1. The van der Waals surface area contributed by atoms with Gasteiger partial charge in [-0.15, -0.1) is 0 Å². The van der Waals surface area contributed by atoms with Gasteiger partial charge in [0.2, 0.25) is 5.91 Å². The van der Waals surface area contributed by atoms with Gasteiger partial charge in [0.15, 0.2) is 0 Å². The largest absolute Gasteiger partial charge is 0.322 e. The van der Waals surface area contributed by atoms with Crippen LogP contribution in [0.5, 0.6) is 0 Å². The molecule has 21 heavy (non-hydrogen) atoms. The summed E-state index contributed by atoms with van der Waals surface area (Å²) in [4.78, 5) is 33.2. The predicted molar refractivity (Wildman–Crippen MR) is 72.4 cm³/mol. The van der Waals surface area contributed by atoms with Gasteiger partial charge in [0.25, 0.3) is 11.2 Å². The van der Waals surface area contributed by atoms with Gasteiger partial charge < -0.3 is 5.32 Å². The van der Waals surface area contributed by atoms with E-state index in [2.05, 4.69) is 5.32 Å². The van der Waals surface area contributed by atoms with E-state index in [-0.39, 0.29) is 11.4 Å². The second-order valence-electron chi connectivity index (χ2n) is 4.14. The molecule has 0 saturated heterocycles. The zero-order valence-corrected chi connectivity index (χ0v) is 10.7. The highest BCUT2D eigenvalue weighted by Gasteiger charge is 2.11. The molecule has 0 aliphatic rings. The lowest BCUT2D eigenvalue weighted by Gasteiger charge is -2.07. The Morgan fingerprint density at radius 3 is 2.67 bits per heavy atom. The van der Waals surface area contributed by atoms with Crippen molar-refractivity contribution in [1.82, 2.24) is 4.57 Å². The summed E-state index contributed by atoms with van der Waals surface area (Å²) in [7, 11) is 0. The third-order valence-corrected chi connectivity index (χ3v) is 2.64. The maximum absolute atomic E-state index is 13.4. The quantitative estimate of drug-likeness (QED) is 0.682. The molecular weight excluding hydrogens is 281 g/mol. The third-order valence-electron chi connectivity index (χ3n) is 2.64. The Morgan fingerprint density at radius 2 is 2.00 bits per heavy atom. The fourth-order valence-electron chi connectivity index (χ4n) is 1.66. The summed E-state index contributed by atoms with van der Waals surface area (Å²) in [6.45, 7) is -0.450. The van der Waals surface area contributed by atoms with Gasteiger partial charge in [-0.1, -0.05) is 12.1 Å². The van der Waals surface area contributed by atoms with Crippen molar-refractivity contribution in [1.29, 1.82) is 0 Å². The van der Waals surface area contributed by atoms with Crippen LogP contribution in [-0.4, -0.2) is 15.4 Å². The number of carbonyl (C=O) groups excluding carboxylic acids is 1. The highest BCUT2D eigenvalue weighted by Crippen LogP contribution is 2.12. The number of aromatic nitrogens is 1. The number of hydrogen-bond acceptors (Lipinski definition) is 4.